The fourth-order valence-electron chi connectivity index (χ4n) is 1.15. The average Bonchev–Trinajstić information content (AvgIpc) is 2.18. The number of aliphatic hydroxyl groups is 1. The van der Waals surface area contributed by atoms with E-state index in [1.807, 2.05) is 0 Å². The summed E-state index contributed by atoms with van der Waals surface area (Å²) in [4.78, 5) is 10.6. The van der Waals surface area contributed by atoms with Gasteiger partial charge in [0.05, 0.1) is 17.8 Å². The Morgan fingerprint density at radius 3 is 2.75 bits per heavy atom. The lowest BCUT2D eigenvalue weighted by molar-refractivity contribution is 0.0552. The molecule has 1 N–H and O–H groups in total. The van der Waals surface area contributed by atoms with Crippen molar-refractivity contribution >= 4 is 6.29 Å². The summed E-state index contributed by atoms with van der Waals surface area (Å²) < 4.78 is 18.1. The van der Waals surface area contributed by atoms with Crippen LogP contribution >= 0.6 is 0 Å². The number of carbonyl (C=O) groups is 1. The van der Waals surface area contributed by atoms with Gasteiger partial charge in [-0.3, -0.25) is 4.79 Å². The van der Waals surface area contributed by atoms with Gasteiger partial charge in [0, 0.05) is 6.42 Å². The highest BCUT2D eigenvalue weighted by atomic mass is 19.1. The van der Waals surface area contributed by atoms with Gasteiger partial charge in [-0.25, -0.2) is 4.39 Å². The van der Waals surface area contributed by atoms with Gasteiger partial charge in [-0.15, -0.1) is 0 Å². The van der Waals surface area contributed by atoms with Crippen LogP contribution in [-0.2, 0) is 0 Å². The van der Waals surface area contributed by atoms with Crippen molar-refractivity contribution in [2.45, 2.75) is 25.9 Å². The SMILES string of the molecule is CC(C)(O)CCOc1ccc(F)cc1C=O. The molecule has 0 aliphatic rings. The highest BCUT2D eigenvalue weighted by Crippen LogP contribution is 2.19. The van der Waals surface area contributed by atoms with Gasteiger partial charge in [0.15, 0.2) is 6.29 Å². The van der Waals surface area contributed by atoms with Gasteiger partial charge in [0.25, 0.3) is 0 Å². The molecule has 0 amide bonds. The van der Waals surface area contributed by atoms with Gasteiger partial charge in [0.2, 0.25) is 0 Å². The van der Waals surface area contributed by atoms with E-state index in [-0.39, 0.29) is 12.2 Å². The molecule has 0 fully saturated rings. The number of ether oxygens (including phenoxy) is 1. The monoisotopic (exact) mass is 226 g/mol. The molecule has 88 valence electrons. The molecule has 16 heavy (non-hydrogen) atoms. The lowest BCUT2D eigenvalue weighted by atomic mass is 10.1. The van der Waals surface area contributed by atoms with Crippen LogP contribution in [0.5, 0.6) is 5.75 Å². The van der Waals surface area contributed by atoms with Crippen molar-refractivity contribution in [2.75, 3.05) is 6.61 Å². The van der Waals surface area contributed by atoms with Crippen LogP contribution in [0.4, 0.5) is 4.39 Å². The number of benzene rings is 1. The van der Waals surface area contributed by atoms with E-state index in [1.165, 1.54) is 12.1 Å². The summed E-state index contributed by atoms with van der Waals surface area (Å²) in [6.07, 6.45) is 0.977. The summed E-state index contributed by atoms with van der Waals surface area (Å²) in [5.41, 5.74) is -0.641. The lowest BCUT2D eigenvalue weighted by Crippen LogP contribution is -2.22. The molecule has 0 aliphatic carbocycles. The molecule has 0 aliphatic heterocycles. The van der Waals surface area contributed by atoms with Crippen LogP contribution in [-0.4, -0.2) is 23.6 Å². The first kappa shape index (κ1) is 12.6. The number of aldehydes is 1. The first-order chi connectivity index (χ1) is 7.42. The maximum absolute atomic E-state index is 12.8. The second-order valence-corrected chi connectivity index (χ2v) is 4.21. The van der Waals surface area contributed by atoms with Crippen LogP contribution in [0, 0.1) is 5.82 Å². The van der Waals surface area contributed by atoms with Crippen molar-refractivity contribution in [1.82, 2.24) is 0 Å². The Kier molecular flexibility index (Phi) is 4.01. The third-order valence-electron chi connectivity index (χ3n) is 2.07. The molecule has 0 unspecified atom stereocenters. The van der Waals surface area contributed by atoms with E-state index >= 15 is 0 Å². The maximum Gasteiger partial charge on any atom is 0.153 e. The van der Waals surface area contributed by atoms with Gasteiger partial charge >= 0.3 is 0 Å². The number of rotatable bonds is 5. The van der Waals surface area contributed by atoms with Crippen LogP contribution in [0.1, 0.15) is 30.6 Å². The standard InChI is InChI=1S/C12H15FO3/c1-12(2,15)5-6-16-11-4-3-10(13)7-9(11)8-14/h3-4,7-8,15H,5-6H2,1-2H3. The van der Waals surface area contributed by atoms with Crippen molar-refractivity contribution in [3.05, 3.63) is 29.6 Å². The van der Waals surface area contributed by atoms with Gasteiger partial charge in [0.1, 0.15) is 11.6 Å². The lowest BCUT2D eigenvalue weighted by Gasteiger charge is -2.17. The van der Waals surface area contributed by atoms with E-state index in [1.54, 1.807) is 13.8 Å². The summed E-state index contributed by atoms with van der Waals surface area (Å²) in [5, 5.41) is 9.46. The molecule has 0 saturated carbocycles. The third-order valence-corrected chi connectivity index (χ3v) is 2.07. The second-order valence-electron chi connectivity index (χ2n) is 4.21. The Morgan fingerprint density at radius 1 is 1.50 bits per heavy atom. The topological polar surface area (TPSA) is 46.5 Å². The second kappa shape index (κ2) is 5.07. The molecule has 1 aromatic rings. The number of carbonyl (C=O) groups excluding carboxylic acids is 1. The summed E-state index contributed by atoms with van der Waals surface area (Å²) in [5.74, 6) is -0.141. The van der Waals surface area contributed by atoms with Crippen molar-refractivity contribution in [3.63, 3.8) is 0 Å². The zero-order valence-electron chi connectivity index (χ0n) is 9.37. The van der Waals surface area contributed by atoms with E-state index in [0.717, 1.165) is 6.07 Å². The molecule has 0 bridgehead atoms. The highest BCUT2D eigenvalue weighted by Gasteiger charge is 2.13. The fourth-order valence-corrected chi connectivity index (χ4v) is 1.15. The Hall–Kier alpha value is -1.42. The molecule has 0 aromatic heterocycles. The minimum Gasteiger partial charge on any atom is -0.493 e. The normalized spacial score (nSPS) is 11.2. The Balaban J connectivity index is 2.63. The Bertz CT molecular complexity index is 369. The van der Waals surface area contributed by atoms with Gasteiger partial charge in [-0.1, -0.05) is 0 Å². The number of hydrogen-bond acceptors (Lipinski definition) is 3. The third kappa shape index (κ3) is 3.98. The van der Waals surface area contributed by atoms with Crippen LogP contribution in [0.15, 0.2) is 18.2 Å². The molecule has 0 spiro atoms. The van der Waals surface area contributed by atoms with E-state index in [9.17, 15) is 14.3 Å². The van der Waals surface area contributed by atoms with Gasteiger partial charge in [-0.2, -0.15) is 0 Å². The van der Waals surface area contributed by atoms with E-state index in [0.29, 0.717) is 18.5 Å². The minimum absolute atomic E-state index is 0.177. The predicted molar refractivity (Wildman–Crippen MR) is 58.2 cm³/mol. The Labute approximate surface area is 93.9 Å². The van der Waals surface area contributed by atoms with Crippen LogP contribution in [0.3, 0.4) is 0 Å². The molecule has 1 rings (SSSR count). The van der Waals surface area contributed by atoms with Crippen LogP contribution in [0.25, 0.3) is 0 Å². The Morgan fingerprint density at radius 2 is 2.19 bits per heavy atom. The van der Waals surface area contributed by atoms with E-state index in [4.69, 9.17) is 4.74 Å². The number of halogens is 1. The molecular weight excluding hydrogens is 211 g/mol. The minimum atomic E-state index is -0.818. The molecule has 1 aromatic carbocycles. The summed E-state index contributed by atoms with van der Waals surface area (Å²) in [6, 6.07) is 3.75. The average molecular weight is 226 g/mol. The molecule has 3 nitrogen and oxygen atoms in total. The first-order valence-electron chi connectivity index (χ1n) is 5.02. The van der Waals surface area contributed by atoms with E-state index in [2.05, 4.69) is 0 Å². The fraction of sp³-hybridized carbons (Fsp3) is 0.417. The van der Waals surface area contributed by atoms with Crippen molar-refractivity contribution in [3.8, 4) is 5.75 Å². The van der Waals surface area contributed by atoms with Crippen molar-refractivity contribution < 1.29 is 19.0 Å². The van der Waals surface area contributed by atoms with Gasteiger partial charge in [-0.05, 0) is 32.0 Å². The quantitative estimate of drug-likeness (QED) is 0.783. The van der Waals surface area contributed by atoms with Crippen LogP contribution < -0.4 is 4.74 Å². The zero-order chi connectivity index (χ0) is 12.2. The molecule has 0 heterocycles. The molecular formula is C12H15FO3. The molecule has 0 saturated heterocycles. The van der Waals surface area contributed by atoms with Crippen molar-refractivity contribution in [2.24, 2.45) is 0 Å². The van der Waals surface area contributed by atoms with E-state index < -0.39 is 11.4 Å². The largest absolute Gasteiger partial charge is 0.493 e. The molecule has 4 heteroatoms. The smallest absolute Gasteiger partial charge is 0.153 e. The first-order valence-corrected chi connectivity index (χ1v) is 5.02. The zero-order valence-corrected chi connectivity index (χ0v) is 9.37. The number of hydrogen-bond donors (Lipinski definition) is 1. The summed E-state index contributed by atoms with van der Waals surface area (Å²) in [6.45, 7) is 3.61. The van der Waals surface area contributed by atoms with Gasteiger partial charge < -0.3 is 9.84 Å². The highest BCUT2D eigenvalue weighted by molar-refractivity contribution is 5.79. The molecule has 0 atom stereocenters. The summed E-state index contributed by atoms with van der Waals surface area (Å²) >= 11 is 0. The predicted octanol–water partition coefficient (Wildman–Crippen LogP) is 2.18. The maximum atomic E-state index is 12.8. The van der Waals surface area contributed by atoms with Crippen LogP contribution in [0.2, 0.25) is 0 Å². The summed E-state index contributed by atoms with van der Waals surface area (Å²) in [7, 11) is 0. The van der Waals surface area contributed by atoms with Crippen molar-refractivity contribution in [1.29, 1.82) is 0 Å². The molecule has 0 radical (unpaired) electrons.